The monoisotopic (exact) mass is 433 g/mol. The number of amides is 2. The van der Waals surface area contributed by atoms with Gasteiger partial charge in [0, 0.05) is 39.8 Å². The maximum absolute atomic E-state index is 13.4. The van der Waals surface area contributed by atoms with Crippen molar-refractivity contribution in [2.45, 2.75) is 20.4 Å². The maximum atomic E-state index is 13.4. The fourth-order valence-corrected chi connectivity index (χ4v) is 4.55. The molecule has 0 radical (unpaired) electrons. The second kappa shape index (κ2) is 9.67. The zero-order valence-corrected chi connectivity index (χ0v) is 19.1. The number of hydrogen-bond donors (Lipinski definition) is 0. The van der Waals surface area contributed by atoms with Gasteiger partial charge < -0.3 is 9.64 Å². The molecule has 2 aromatic rings. The van der Waals surface area contributed by atoms with Gasteiger partial charge in [0.25, 0.3) is 11.8 Å². The molecule has 168 valence electrons. The van der Waals surface area contributed by atoms with Crippen molar-refractivity contribution in [1.82, 2.24) is 14.7 Å². The van der Waals surface area contributed by atoms with E-state index in [4.69, 9.17) is 4.74 Å². The van der Waals surface area contributed by atoms with Gasteiger partial charge >= 0.3 is 0 Å². The molecule has 6 heteroatoms. The second-order valence-corrected chi connectivity index (χ2v) is 8.55. The van der Waals surface area contributed by atoms with E-state index in [1.165, 1.54) is 10.5 Å². The van der Waals surface area contributed by atoms with Gasteiger partial charge in [0.15, 0.2) is 0 Å². The van der Waals surface area contributed by atoms with Crippen molar-refractivity contribution in [3.05, 3.63) is 76.5 Å². The molecule has 32 heavy (non-hydrogen) atoms. The van der Waals surface area contributed by atoms with Crippen LogP contribution in [0.1, 0.15) is 22.3 Å². The molecule has 2 aliphatic heterocycles. The minimum Gasteiger partial charge on any atom is -0.383 e. The Bertz CT molecular complexity index is 1020. The third kappa shape index (κ3) is 4.47. The van der Waals surface area contributed by atoms with Crippen LogP contribution in [0.25, 0.3) is 5.57 Å². The van der Waals surface area contributed by atoms with Crippen LogP contribution in [0, 0.1) is 13.8 Å². The predicted octanol–water partition coefficient (Wildman–Crippen LogP) is 2.85. The molecular weight excluding hydrogens is 402 g/mol. The van der Waals surface area contributed by atoms with Gasteiger partial charge in [-0.25, -0.2) is 0 Å². The third-order valence-electron chi connectivity index (χ3n) is 6.25. The van der Waals surface area contributed by atoms with Gasteiger partial charge in [0.05, 0.1) is 18.7 Å². The summed E-state index contributed by atoms with van der Waals surface area (Å²) in [5.74, 6) is -0.431. The van der Waals surface area contributed by atoms with E-state index in [0.29, 0.717) is 31.0 Å². The number of ether oxygens (including phenoxy) is 1. The summed E-state index contributed by atoms with van der Waals surface area (Å²) >= 11 is 0. The number of piperazine rings is 1. The van der Waals surface area contributed by atoms with Crippen molar-refractivity contribution in [1.29, 1.82) is 0 Å². The molecule has 0 aromatic heterocycles. The average molecular weight is 434 g/mol. The Morgan fingerprint density at radius 3 is 2.28 bits per heavy atom. The highest BCUT2D eigenvalue weighted by Crippen LogP contribution is 2.34. The van der Waals surface area contributed by atoms with Crippen molar-refractivity contribution in [3.63, 3.8) is 0 Å². The Labute approximate surface area is 190 Å². The van der Waals surface area contributed by atoms with Crippen LogP contribution in [-0.2, 0) is 20.9 Å². The van der Waals surface area contributed by atoms with Gasteiger partial charge in [-0.3, -0.25) is 19.4 Å². The average Bonchev–Trinajstić information content (AvgIpc) is 3.03. The molecular formula is C26H31N3O3. The quantitative estimate of drug-likeness (QED) is 0.629. The molecule has 0 aliphatic carbocycles. The molecule has 0 spiro atoms. The molecule has 0 atom stereocenters. The van der Waals surface area contributed by atoms with Crippen LogP contribution >= 0.6 is 0 Å². The van der Waals surface area contributed by atoms with Crippen molar-refractivity contribution >= 4 is 17.4 Å². The summed E-state index contributed by atoms with van der Waals surface area (Å²) in [7, 11) is 1.58. The number of aryl methyl sites for hydroxylation is 2. The molecule has 1 saturated heterocycles. The molecule has 0 bridgehead atoms. The Morgan fingerprint density at radius 1 is 0.906 bits per heavy atom. The van der Waals surface area contributed by atoms with Crippen molar-refractivity contribution in [3.8, 4) is 0 Å². The highest BCUT2D eigenvalue weighted by molar-refractivity contribution is 6.35. The number of carbonyl (C=O) groups is 2. The lowest BCUT2D eigenvalue weighted by Gasteiger charge is -2.36. The number of nitrogens with zero attached hydrogens (tertiary/aromatic N) is 3. The predicted molar refractivity (Wildman–Crippen MR) is 125 cm³/mol. The van der Waals surface area contributed by atoms with Crippen molar-refractivity contribution in [2.24, 2.45) is 0 Å². The van der Waals surface area contributed by atoms with Crippen LogP contribution < -0.4 is 0 Å². The summed E-state index contributed by atoms with van der Waals surface area (Å²) in [6.45, 7) is 8.64. The first kappa shape index (κ1) is 22.2. The maximum Gasteiger partial charge on any atom is 0.277 e. The van der Waals surface area contributed by atoms with Crippen LogP contribution in [0.15, 0.2) is 54.2 Å². The van der Waals surface area contributed by atoms with Crippen LogP contribution in [0.5, 0.6) is 0 Å². The third-order valence-corrected chi connectivity index (χ3v) is 6.25. The van der Waals surface area contributed by atoms with Gasteiger partial charge in [-0.05, 0) is 30.5 Å². The highest BCUT2D eigenvalue weighted by atomic mass is 16.5. The number of rotatable bonds is 7. The van der Waals surface area contributed by atoms with E-state index in [1.807, 2.05) is 32.0 Å². The fraction of sp³-hybridized carbons (Fsp3) is 0.385. The Balaban J connectivity index is 1.60. The van der Waals surface area contributed by atoms with E-state index >= 15 is 0 Å². The molecule has 1 fully saturated rings. The summed E-state index contributed by atoms with van der Waals surface area (Å²) in [5.41, 5.74) is 5.34. The van der Waals surface area contributed by atoms with E-state index in [-0.39, 0.29) is 18.4 Å². The van der Waals surface area contributed by atoms with E-state index in [9.17, 15) is 9.59 Å². The number of imide groups is 1. The molecule has 2 amide bonds. The summed E-state index contributed by atoms with van der Waals surface area (Å²) in [5, 5.41) is 0. The van der Waals surface area contributed by atoms with Crippen molar-refractivity contribution in [2.75, 3.05) is 46.4 Å². The molecule has 2 aromatic carbocycles. The van der Waals surface area contributed by atoms with Gasteiger partial charge in [0.1, 0.15) is 5.70 Å². The number of hydrogen-bond acceptors (Lipinski definition) is 5. The minimum absolute atomic E-state index is 0.210. The molecule has 6 nitrogen and oxygen atoms in total. The van der Waals surface area contributed by atoms with Crippen LogP contribution in [-0.4, -0.2) is 73.0 Å². The summed E-state index contributed by atoms with van der Waals surface area (Å²) in [4.78, 5) is 32.6. The Morgan fingerprint density at radius 2 is 1.62 bits per heavy atom. The lowest BCUT2D eigenvalue weighted by molar-refractivity contribution is -0.138. The number of benzene rings is 2. The van der Waals surface area contributed by atoms with Gasteiger partial charge in [-0.2, -0.15) is 0 Å². The van der Waals surface area contributed by atoms with E-state index in [2.05, 4.69) is 40.1 Å². The zero-order chi connectivity index (χ0) is 22.7. The van der Waals surface area contributed by atoms with E-state index in [0.717, 1.165) is 36.3 Å². The lowest BCUT2D eigenvalue weighted by Crippen LogP contribution is -2.47. The molecule has 2 aliphatic rings. The minimum atomic E-state index is -0.222. The standard InChI is InChI=1S/C26H31N3O3/c1-19-9-10-22(20(2)17-19)23-24(26(31)29(25(23)30)15-16-32-3)28-13-11-27(12-14-28)18-21-7-5-4-6-8-21/h4-10,17H,11-16,18H2,1-3H3. The molecule has 0 unspecified atom stereocenters. The van der Waals surface area contributed by atoms with Crippen LogP contribution in [0.3, 0.4) is 0 Å². The second-order valence-electron chi connectivity index (χ2n) is 8.55. The van der Waals surface area contributed by atoms with E-state index < -0.39 is 0 Å². The highest BCUT2D eigenvalue weighted by Gasteiger charge is 2.42. The van der Waals surface area contributed by atoms with Gasteiger partial charge in [0.2, 0.25) is 0 Å². The first-order valence-corrected chi connectivity index (χ1v) is 11.2. The SMILES string of the molecule is COCCN1C(=O)C(c2ccc(C)cc2C)=C(N2CCN(Cc3ccccc3)CC2)C1=O. The fourth-order valence-electron chi connectivity index (χ4n) is 4.55. The number of carbonyl (C=O) groups excluding carboxylic acids is 2. The zero-order valence-electron chi connectivity index (χ0n) is 19.1. The van der Waals surface area contributed by atoms with Gasteiger partial charge in [-0.15, -0.1) is 0 Å². The Hall–Kier alpha value is -2.96. The lowest BCUT2D eigenvalue weighted by atomic mass is 9.97. The van der Waals surface area contributed by atoms with E-state index in [1.54, 1.807) is 7.11 Å². The van der Waals surface area contributed by atoms with Crippen LogP contribution in [0.2, 0.25) is 0 Å². The molecule has 0 saturated carbocycles. The first-order chi connectivity index (χ1) is 15.5. The normalized spacial score (nSPS) is 17.6. The Kier molecular flexibility index (Phi) is 6.72. The summed E-state index contributed by atoms with van der Waals surface area (Å²) < 4.78 is 5.15. The largest absolute Gasteiger partial charge is 0.383 e. The molecule has 4 rings (SSSR count). The van der Waals surface area contributed by atoms with Crippen molar-refractivity contribution < 1.29 is 14.3 Å². The molecule has 0 N–H and O–H groups in total. The summed E-state index contributed by atoms with van der Waals surface area (Å²) in [6.07, 6.45) is 0. The molecule has 2 heterocycles. The van der Waals surface area contributed by atoms with Gasteiger partial charge in [-0.1, -0.05) is 54.1 Å². The topological polar surface area (TPSA) is 53.1 Å². The number of methoxy groups -OCH3 is 1. The smallest absolute Gasteiger partial charge is 0.277 e. The van der Waals surface area contributed by atoms with Crippen LogP contribution in [0.4, 0.5) is 0 Å². The summed E-state index contributed by atoms with van der Waals surface area (Å²) in [6, 6.07) is 16.5. The first-order valence-electron chi connectivity index (χ1n) is 11.2.